The zero-order valence-corrected chi connectivity index (χ0v) is 17.8. The Morgan fingerprint density at radius 1 is 1.19 bits per heavy atom. The number of hydrogen-bond acceptors (Lipinski definition) is 2. The van der Waals surface area contributed by atoms with E-state index in [4.69, 9.17) is 17.3 Å². The lowest BCUT2D eigenvalue weighted by atomic mass is 9.97. The van der Waals surface area contributed by atoms with E-state index in [9.17, 15) is 4.79 Å². The summed E-state index contributed by atoms with van der Waals surface area (Å²) in [4.78, 5) is 14.5. The topological polar surface area (TPSA) is 51.3 Å². The van der Waals surface area contributed by atoms with Crippen molar-refractivity contribution in [3.05, 3.63) is 46.2 Å². The van der Waals surface area contributed by atoms with Gasteiger partial charge in [-0.2, -0.15) is 0 Å². The first-order chi connectivity index (χ1) is 12.9. The highest BCUT2D eigenvalue weighted by molar-refractivity contribution is 6.33. The van der Waals surface area contributed by atoms with Crippen molar-refractivity contribution < 1.29 is 4.79 Å². The fourth-order valence-electron chi connectivity index (χ4n) is 3.70. The molecular weight excluding hydrogens is 358 g/mol. The van der Waals surface area contributed by atoms with Crippen LogP contribution in [0.3, 0.4) is 0 Å². The predicted molar refractivity (Wildman–Crippen MR) is 115 cm³/mol. The molecule has 1 aromatic heterocycles. The summed E-state index contributed by atoms with van der Waals surface area (Å²) in [5.41, 5.74) is 10.4. The average Bonchev–Trinajstić information content (AvgIpc) is 2.88. The Kier molecular flexibility index (Phi) is 7.93. The van der Waals surface area contributed by atoms with E-state index in [2.05, 4.69) is 30.5 Å². The van der Waals surface area contributed by atoms with Crippen molar-refractivity contribution >= 4 is 17.5 Å². The Balaban J connectivity index is 2.59. The van der Waals surface area contributed by atoms with E-state index in [1.54, 1.807) is 0 Å². The highest BCUT2D eigenvalue weighted by Gasteiger charge is 2.25. The number of amides is 1. The molecule has 2 N–H and O–H groups in total. The maximum Gasteiger partial charge on any atom is 0.251 e. The van der Waals surface area contributed by atoms with Crippen LogP contribution in [0.15, 0.2) is 24.3 Å². The third-order valence-electron chi connectivity index (χ3n) is 5.02. The van der Waals surface area contributed by atoms with Crippen LogP contribution in [0.4, 0.5) is 0 Å². The summed E-state index contributed by atoms with van der Waals surface area (Å²) in [7, 11) is 4.16. The number of hydrogen-bond donors (Lipinski definition) is 1. The maximum atomic E-state index is 12.4. The minimum atomic E-state index is -0.384. The number of carbonyl (C=O) groups is 1. The van der Waals surface area contributed by atoms with E-state index >= 15 is 0 Å². The number of primary amides is 1. The molecule has 0 fully saturated rings. The van der Waals surface area contributed by atoms with Gasteiger partial charge < -0.3 is 15.2 Å². The molecule has 27 heavy (non-hydrogen) atoms. The number of benzene rings is 1. The number of carbonyl (C=O) groups excluding carboxylic acids is 1. The second-order valence-corrected chi connectivity index (χ2v) is 7.80. The van der Waals surface area contributed by atoms with Crippen LogP contribution in [0.25, 0.3) is 11.1 Å². The molecule has 0 aliphatic carbocycles. The SMILES string of the molecule is CCCCCc1c(-c2ccccc2Cl)c(C(N)=O)c(C)n1CCCN(C)C. The molecule has 0 unspecified atom stereocenters. The van der Waals surface area contributed by atoms with E-state index in [0.717, 1.165) is 62.0 Å². The second-order valence-electron chi connectivity index (χ2n) is 7.39. The molecule has 0 spiro atoms. The third-order valence-corrected chi connectivity index (χ3v) is 5.35. The van der Waals surface area contributed by atoms with Crippen LogP contribution < -0.4 is 5.73 Å². The molecule has 0 aliphatic rings. The fraction of sp³-hybridized carbons (Fsp3) is 0.500. The summed E-state index contributed by atoms with van der Waals surface area (Å²) in [5.74, 6) is -0.384. The first-order valence-electron chi connectivity index (χ1n) is 9.79. The molecule has 0 atom stereocenters. The average molecular weight is 390 g/mol. The predicted octanol–water partition coefficient (Wildman–Crippen LogP) is 4.90. The zero-order valence-electron chi connectivity index (χ0n) is 17.0. The van der Waals surface area contributed by atoms with Crippen molar-refractivity contribution in [2.75, 3.05) is 20.6 Å². The Hall–Kier alpha value is -1.78. The van der Waals surface area contributed by atoms with E-state index in [0.29, 0.717) is 10.6 Å². The molecule has 1 amide bonds. The lowest BCUT2D eigenvalue weighted by Gasteiger charge is -2.15. The summed E-state index contributed by atoms with van der Waals surface area (Å²) in [6.45, 7) is 6.07. The van der Waals surface area contributed by atoms with Crippen LogP contribution >= 0.6 is 11.6 Å². The van der Waals surface area contributed by atoms with E-state index in [-0.39, 0.29) is 5.91 Å². The number of unbranched alkanes of at least 4 members (excludes halogenated alkanes) is 2. The van der Waals surface area contributed by atoms with Crippen LogP contribution in [-0.4, -0.2) is 36.0 Å². The first kappa shape index (κ1) is 21.5. The van der Waals surface area contributed by atoms with Crippen LogP contribution in [0.5, 0.6) is 0 Å². The van der Waals surface area contributed by atoms with Gasteiger partial charge in [-0.3, -0.25) is 4.79 Å². The quantitative estimate of drug-likeness (QED) is 0.587. The smallest absolute Gasteiger partial charge is 0.251 e. The van der Waals surface area contributed by atoms with Gasteiger partial charge >= 0.3 is 0 Å². The molecule has 0 radical (unpaired) electrons. The molecule has 4 nitrogen and oxygen atoms in total. The number of rotatable bonds is 10. The summed E-state index contributed by atoms with van der Waals surface area (Å²) in [5, 5.41) is 0.655. The van der Waals surface area contributed by atoms with Crippen LogP contribution in [0.1, 0.15) is 54.4 Å². The molecule has 2 aromatic rings. The Bertz CT molecular complexity index is 780. The van der Waals surface area contributed by atoms with Gasteiger partial charge in [-0.05, 0) is 52.9 Å². The van der Waals surface area contributed by atoms with E-state index in [1.165, 1.54) is 5.69 Å². The molecular formula is C22H32ClN3O. The normalized spacial score (nSPS) is 11.3. The standard InChI is InChI=1S/C22H32ClN3O/c1-5-6-7-13-19-21(17-11-8-9-12-18(17)23)20(22(24)27)16(2)26(19)15-10-14-25(3)4/h8-9,11-12H,5-7,10,13-15H2,1-4H3,(H2,24,27). The molecule has 0 aliphatic heterocycles. The maximum absolute atomic E-state index is 12.4. The number of nitrogens with zero attached hydrogens (tertiary/aromatic N) is 2. The van der Waals surface area contributed by atoms with E-state index < -0.39 is 0 Å². The molecule has 0 saturated carbocycles. The third kappa shape index (κ3) is 5.14. The molecule has 1 heterocycles. The number of nitrogens with two attached hydrogens (primary N) is 1. The zero-order chi connectivity index (χ0) is 20.0. The van der Waals surface area contributed by atoms with Crippen molar-refractivity contribution in [3.63, 3.8) is 0 Å². The monoisotopic (exact) mass is 389 g/mol. The molecule has 2 rings (SSSR count). The summed E-state index contributed by atoms with van der Waals surface area (Å²) in [6, 6.07) is 7.72. The summed E-state index contributed by atoms with van der Waals surface area (Å²) >= 11 is 6.51. The van der Waals surface area contributed by atoms with E-state index in [1.807, 2.05) is 31.2 Å². The van der Waals surface area contributed by atoms with Crippen molar-refractivity contribution in [1.29, 1.82) is 0 Å². The molecule has 148 valence electrons. The van der Waals surface area contributed by atoms with Crippen molar-refractivity contribution in [2.45, 2.75) is 52.5 Å². The van der Waals surface area contributed by atoms with Crippen LogP contribution in [0, 0.1) is 6.92 Å². The van der Waals surface area contributed by atoms with Crippen LogP contribution in [-0.2, 0) is 13.0 Å². The Morgan fingerprint density at radius 2 is 1.89 bits per heavy atom. The summed E-state index contributed by atoms with van der Waals surface area (Å²) < 4.78 is 2.29. The van der Waals surface area contributed by atoms with Crippen molar-refractivity contribution in [1.82, 2.24) is 9.47 Å². The van der Waals surface area contributed by atoms with Gasteiger partial charge in [-0.1, -0.05) is 49.6 Å². The van der Waals surface area contributed by atoms with Gasteiger partial charge in [0.05, 0.1) is 5.56 Å². The minimum Gasteiger partial charge on any atom is -0.366 e. The van der Waals surface area contributed by atoms with Crippen molar-refractivity contribution in [3.8, 4) is 11.1 Å². The highest BCUT2D eigenvalue weighted by Crippen LogP contribution is 2.37. The van der Waals surface area contributed by atoms with Gasteiger partial charge in [0.25, 0.3) is 5.91 Å². The molecule has 5 heteroatoms. The van der Waals surface area contributed by atoms with Gasteiger partial charge in [-0.25, -0.2) is 0 Å². The molecule has 1 aromatic carbocycles. The second kappa shape index (κ2) is 9.95. The van der Waals surface area contributed by atoms with Gasteiger partial charge in [0.2, 0.25) is 0 Å². The summed E-state index contributed by atoms with van der Waals surface area (Å²) in [6.07, 6.45) is 5.34. The van der Waals surface area contributed by atoms with Crippen molar-refractivity contribution in [2.24, 2.45) is 5.73 Å². The molecule has 0 bridgehead atoms. The fourth-order valence-corrected chi connectivity index (χ4v) is 3.93. The minimum absolute atomic E-state index is 0.384. The number of halogens is 1. The van der Waals surface area contributed by atoms with Gasteiger partial charge in [0.15, 0.2) is 0 Å². The Morgan fingerprint density at radius 3 is 2.48 bits per heavy atom. The van der Waals surface area contributed by atoms with Crippen LogP contribution in [0.2, 0.25) is 5.02 Å². The Labute approximate surface area is 168 Å². The first-order valence-corrected chi connectivity index (χ1v) is 10.2. The lowest BCUT2D eigenvalue weighted by molar-refractivity contribution is 0.1000. The van der Waals surface area contributed by atoms with Gasteiger partial charge in [0, 0.05) is 34.1 Å². The number of aromatic nitrogens is 1. The molecule has 0 saturated heterocycles. The largest absolute Gasteiger partial charge is 0.366 e. The van der Waals surface area contributed by atoms with Gasteiger partial charge in [0.1, 0.15) is 0 Å². The lowest BCUT2D eigenvalue weighted by Crippen LogP contribution is -2.17. The van der Waals surface area contributed by atoms with Gasteiger partial charge in [-0.15, -0.1) is 0 Å². The highest BCUT2D eigenvalue weighted by atomic mass is 35.5.